The van der Waals surface area contributed by atoms with Crippen LogP contribution in [-0.4, -0.2) is 43.5 Å². The average molecular weight is 500 g/mol. The summed E-state index contributed by atoms with van der Waals surface area (Å²) in [5.41, 5.74) is 1.69. The molecule has 1 aliphatic rings. The Balaban J connectivity index is 1.35. The van der Waals surface area contributed by atoms with E-state index in [1.165, 1.54) is 18.2 Å². The number of imide groups is 1. The second-order valence-corrected chi connectivity index (χ2v) is 8.45. The van der Waals surface area contributed by atoms with Crippen LogP contribution in [0.4, 0.5) is 9.18 Å². The number of carbonyl (C=O) groups is 3. The predicted molar refractivity (Wildman–Crippen MR) is 124 cm³/mol. The molecule has 0 bridgehead atoms. The van der Waals surface area contributed by atoms with E-state index in [1.54, 1.807) is 43.3 Å². The molecule has 182 valence electrons. The van der Waals surface area contributed by atoms with E-state index in [2.05, 4.69) is 20.9 Å². The Hall–Kier alpha value is -4.13. The van der Waals surface area contributed by atoms with Gasteiger partial charge in [0.2, 0.25) is 11.1 Å². The van der Waals surface area contributed by atoms with Crippen LogP contribution in [0.3, 0.4) is 0 Å². The van der Waals surface area contributed by atoms with Crippen LogP contribution in [0.2, 0.25) is 0 Å². The topological polar surface area (TPSA) is 144 Å². The zero-order valence-corrected chi connectivity index (χ0v) is 19.4. The van der Waals surface area contributed by atoms with E-state index in [9.17, 15) is 18.8 Å². The molecule has 1 atom stereocenters. The molecular formula is C22H22FN7O4S. The number of hydrogen-bond acceptors (Lipinski definition) is 8. The second kappa shape index (κ2) is 10.0. The third-order valence-electron chi connectivity index (χ3n) is 5.39. The molecular weight excluding hydrogens is 477 g/mol. The highest BCUT2D eigenvalue weighted by atomic mass is 32.2. The Bertz CT molecular complexity index is 1260. The van der Waals surface area contributed by atoms with E-state index in [4.69, 9.17) is 10.6 Å². The van der Waals surface area contributed by atoms with Crippen LogP contribution in [0.25, 0.3) is 0 Å². The van der Waals surface area contributed by atoms with E-state index in [1.807, 2.05) is 0 Å². The van der Waals surface area contributed by atoms with Crippen LogP contribution in [0.15, 0.2) is 59.8 Å². The average Bonchev–Trinajstić information content (AvgIpc) is 3.34. The second-order valence-electron chi connectivity index (χ2n) is 7.51. The number of hydrogen-bond donors (Lipinski definition) is 3. The molecule has 2 aromatic carbocycles. The first kappa shape index (κ1) is 24.0. The largest absolute Gasteiger partial charge is 0.482 e. The Morgan fingerprint density at radius 1 is 1.17 bits per heavy atom. The summed E-state index contributed by atoms with van der Waals surface area (Å²) < 4.78 is 20.2. The van der Waals surface area contributed by atoms with E-state index < -0.39 is 29.2 Å². The number of hydrazine groups is 1. The normalized spacial score (nSPS) is 17.4. The minimum atomic E-state index is -1.26. The minimum Gasteiger partial charge on any atom is -0.482 e. The highest BCUT2D eigenvalue weighted by Crippen LogP contribution is 2.31. The Morgan fingerprint density at radius 3 is 2.60 bits per heavy atom. The van der Waals surface area contributed by atoms with Gasteiger partial charge in [-0.1, -0.05) is 61.2 Å². The third-order valence-corrected chi connectivity index (χ3v) is 6.33. The van der Waals surface area contributed by atoms with Gasteiger partial charge in [0.05, 0.1) is 5.75 Å². The number of nitrogens with one attached hydrogen (secondary N) is 2. The smallest absolute Gasteiger partial charge is 0.344 e. The van der Waals surface area contributed by atoms with Gasteiger partial charge in [-0.05, 0) is 24.1 Å². The van der Waals surface area contributed by atoms with Gasteiger partial charge in [0, 0.05) is 0 Å². The Morgan fingerprint density at radius 2 is 1.89 bits per heavy atom. The standard InChI is InChI=1S/C22H22FN7O4S/c1-2-22(14-8-4-3-5-9-14)19(32)30(20(33)25-22)28-18(31)13-35-21-27-26-17(29(21)24)12-34-16-11-7-6-10-15(16)23/h3-11H,2,12-13,24H2,1H3,(H,25,33)(H,28,31). The molecule has 1 saturated heterocycles. The van der Waals surface area contributed by atoms with Gasteiger partial charge >= 0.3 is 6.03 Å². The molecule has 0 spiro atoms. The summed E-state index contributed by atoms with van der Waals surface area (Å²) in [7, 11) is 0. The number of urea groups is 1. The van der Waals surface area contributed by atoms with Crippen molar-refractivity contribution >= 4 is 29.6 Å². The fraction of sp³-hybridized carbons (Fsp3) is 0.227. The van der Waals surface area contributed by atoms with Crippen molar-refractivity contribution in [3.05, 3.63) is 71.8 Å². The minimum absolute atomic E-state index is 0.0382. The highest BCUT2D eigenvalue weighted by Gasteiger charge is 2.52. The predicted octanol–water partition coefficient (Wildman–Crippen LogP) is 1.69. The summed E-state index contributed by atoms with van der Waals surface area (Å²) in [4.78, 5) is 38.1. The molecule has 0 radical (unpaired) electrons. The number of halogens is 1. The number of ether oxygens (including phenoxy) is 1. The van der Waals surface area contributed by atoms with E-state index in [0.717, 1.165) is 16.4 Å². The first-order chi connectivity index (χ1) is 16.9. The van der Waals surface area contributed by atoms with Gasteiger partial charge in [-0.3, -0.25) is 15.0 Å². The molecule has 11 nitrogen and oxygen atoms in total. The summed E-state index contributed by atoms with van der Waals surface area (Å²) in [6.07, 6.45) is 0.302. The van der Waals surface area contributed by atoms with Gasteiger partial charge in [-0.2, -0.15) is 5.01 Å². The first-order valence-corrected chi connectivity index (χ1v) is 11.6. The summed E-state index contributed by atoms with van der Waals surface area (Å²) in [5, 5.41) is 11.3. The lowest BCUT2D eigenvalue weighted by molar-refractivity contribution is -0.138. The molecule has 4 N–H and O–H groups in total. The molecule has 1 aromatic heterocycles. The zero-order valence-electron chi connectivity index (χ0n) is 18.6. The molecule has 1 fully saturated rings. The van der Waals surface area contributed by atoms with Crippen LogP contribution in [0.1, 0.15) is 24.7 Å². The molecule has 1 aliphatic heterocycles. The van der Waals surface area contributed by atoms with E-state index >= 15 is 0 Å². The molecule has 4 rings (SSSR count). The number of nitrogens with zero attached hydrogens (tertiary/aromatic N) is 4. The Labute approximate surface area is 203 Å². The number of aromatic nitrogens is 3. The van der Waals surface area contributed by atoms with Crippen molar-refractivity contribution in [3.63, 3.8) is 0 Å². The van der Waals surface area contributed by atoms with Gasteiger partial charge in [-0.15, -0.1) is 10.2 Å². The maximum absolute atomic E-state index is 13.7. The van der Waals surface area contributed by atoms with E-state index in [0.29, 0.717) is 17.0 Å². The van der Waals surface area contributed by atoms with Gasteiger partial charge in [0.1, 0.15) is 12.1 Å². The van der Waals surface area contributed by atoms with Crippen LogP contribution in [-0.2, 0) is 21.7 Å². The molecule has 2 heterocycles. The Kier molecular flexibility index (Phi) is 6.87. The summed E-state index contributed by atoms with van der Waals surface area (Å²) in [6.45, 7) is 1.63. The van der Waals surface area contributed by atoms with Gasteiger partial charge in [0.25, 0.3) is 5.91 Å². The number of benzene rings is 2. The number of carbonyl (C=O) groups excluding carboxylic acids is 3. The summed E-state index contributed by atoms with van der Waals surface area (Å²) in [6, 6.07) is 14.0. The van der Waals surface area contributed by atoms with Crippen molar-refractivity contribution in [3.8, 4) is 5.75 Å². The molecule has 13 heteroatoms. The molecule has 0 saturated carbocycles. The maximum Gasteiger partial charge on any atom is 0.344 e. The zero-order chi connectivity index (χ0) is 25.0. The highest BCUT2D eigenvalue weighted by molar-refractivity contribution is 7.99. The van der Waals surface area contributed by atoms with Crippen LogP contribution < -0.4 is 21.3 Å². The van der Waals surface area contributed by atoms with E-state index in [-0.39, 0.29) is 29.1 Å². The van der Waals surface area contributed by atoms with Crippen molar-refractivity contribution < 1.29 is 23.5 Å². The summed E-state index contributed by atoms with van der Waals surface area (Å²) >= 11 is 0.942. The van der Waals surface area contributed by atoms with Crippen molar-refractivity contribution in [2.24, 2.45) is 0 Å². The number of nitrogens with two attached hydrogens (primary N) is 1. The SMILES string of the molecule is CCC1(c2ccccc2)NC(=O)N(NC(=O)CSc2nnc(COc3ccccc3F)n2N)C1=O. The van der Waals surface area contributed by atoms with Crippen molar-refractivity contribution in [2.75, 3.05) is 11.6 Å². The number of thioether (sulfide) groups is 1. The third kappa shape index (κ3) is 4.75. The van der Waals surface area contributed by atoms with Crippen molar-refractivity contribution in [1.82, 2.24) is 30.6 Å². The van der Waals surface area contributed by atoms with Crippen LogP contribution in [0.5, 0.6) is 5.75 Å². The lowest BCUT2D eigenvalue weighted by atomic mass is 9.87. The monoisotopic (exact) mass is 499 g/mol. The number of amides is 4. The number of para-hydroxylation sites is 1. The maximum atomic E-state index is 13.7. The number of nitrogen functional groups attached to an aromatic ring is 1. The fourth-order valence-electron chi connectivity index (χ4n) is 3.53. The lowest BCUT2D eigenvalue weighted by Crippen LogP contribution is -2.49. The summed E-state index contributed by atoms with van der Waals surface area (Å²) in [5.74, 6) is 4.27. The molecule has 3 aromatic rings. The van der Waals surface area contributed by atoms with Gasteiger partial charge in [0.15, 0.2) is 17.4 Å². The van der Waals surface area contributed by atoms with Crippen molar-refractivity contribution in [1.29, 1.82) is 0 Å². The quantitative estimate of drug-likeness (QED) is 0.229. The molecule has 0 aliphatic carbocycles. The van der Waals surface area contributed by atoms with Gasteiger partial charge < -0.3 is 15.9 Å². The molecule has 1 unspecified atom stereocenters. The van der Waals surface area contributed by atoms with Crippen LogP contribution in [0, 0.1) is 5.82 Å². The first-order valence-electron chi connectivity index (χ1n) is 10.6. The fourth-order valence-corrected chi connectivity index (χ4v) is 4.20. The van der Waals surface area contributed by atoms with Crippen molar-refractivity contribution in [2.45, 2.75) is 30.6 Å². The number of rotatable bonds is 9. The molecule has 4 amide bonds. The van der Waals surface area contributed by atoms with Gasteiger partial charge in [-0.25, -0.2) is 13.9 Å². The lowest BCUT2D eigenvalue weighted by Gasteiger charge is -2.25. The van der Waals surface area contributed by atoms with Crippen LogP contribution >= 0.6 is 11.8 Å². The molecule has 35 heavy (non-hydrogen) atoms.